The number of aryl methyl sites for hydroxylation is 1. The maximum absolute atomic E-state index is 13.3. The van der Waals surface area contributed by atoms with Crippen LogP contribution in [0.5, 0.6) is 5.75 Å². The van der Waals surface area contributed by atoms with Crippen LogP contribution in [0, 0.1) is 17.8 Å². The van der Waals surface area contributed by atoms with E-state index in [0.29, 0.717) is 37.9 Å². The number of fused-ring (bicyclic) bond motifs is 5. The molecule has 6 aliphatic rings. The zero-order valence-electron chi connectivity index (χ0n) is 31.1. The molecule has 2 saturated heterocycles. The van der Waals surface area contributed by atoms with Crippen molar-refractivity contribution in [3.63, 3.8) is 0 Å². The molecule has 8 rings (SSSR count). The van der Waals surface area contributed by atoms with Gasteiger partial charge < -0.3 is 19.7 Å². The molecule has 2 N–H and O–H groups in total. The average Bonchev–Trinajstić information content (AvgIpc) is 3.30. The first-order valence-corrected chi connectivity index (χ1v) is 23.1. The molecule has 0 unspecified atom stereocenters. The van der Waals surface area contributed by atoms with Gasteiger partial charge in [-0.3, -0.25) is 14.5 Å². The van der Waals surface area contributed by atoms with Gasteiger partial charge in [-0.05, 0) is 110 Å². The summed E-state index contributed by atoms with van der Waals surface area (Å²) in [7, 11) is -3.93. The van der Waals surface area contributed by atoms with Gasteiger partial charge in [0.25, 0.3) is 5.91 Å². The number of ketones is 1. The van der Waals surface area contributed by atoms with Crippen LogP contribution in [0.15, 0.2) is 48.6 Å². The van der Waals surface area contributed by atoms with Crippen molar-refractivity contribution in [2.45, 2.75) is 69.1 Å². The number of amides is 1. The zero-order chi connectivity index (χ0) is 37.8. The number of sulfonamides is 1. The van der Waals surface area contributed by atoms with Crippen LogP contribution < -0.4 is 19.7 Å². The molecule has 0 aromatic heterocycles. The van der Waals surface area contributed by atoms with Crippen molar-refractivity contribution in [2.75, 3.05) is 68.9 Å². The molecule has 1 amide bonds. The number of hydrogen-bond donors (Lipinski definition) is 2. The van der Waals surface area contributed by atoms with E-state index in [1.807, 2.05) is 17.9 Å². The second kappa shape index (κ2) is 17.7. The van der Waals surface area contributed by atoms with Gasteiger partial charge in [0.1, 0.15) is 5.75 Å². The predicted octanol–water partition coefficient (Wildman–Crippen LogP) is 5.79. The van der Waals surface area contributed by atoms with Crippen LogP contribution in [-0.2, 0) is 31.4 Å². The fraction of sp³-hybridized carbons (Fsp3) is 0.600. The molecule has 13 heteroatoms. The van der Waals surface area contributed by atoms with Crippen molar-refractivity contribution < 1.29 is 27.5 Å². The third-order valence-electron chi connectivity index (χ3n) is 12.2. The Morgan fingerprint density at radius 1 is 1.06 bits per heavy atom. The number of ether oxygens (including phenoxy) is 2. The smallest absolute Gasteiger partial charge is 0.264 e. The van der Waals surface area contributed by atoms with Crippen LogP contribution in [-0.4, -0.2) is 100 Å². The van der Waals surface area contributed by atoms with E-state index < -0.39 is 21.2 Å². The molecule has 2 aliphatic carbocycles. The summed E-state index contributed by atoms with van der Waals surface area (Å²) in [6.45, 7) is 11.7. The van der Waals surface area contributed by atoms with Crippen LogP contribution in [0.1, 0.15) is 67.4 Å². The number of piperazine rings is 1. The number of anilines is 1. The molecule has 1 saturated carbocycles. The number of carbonyl (C=O) groups is 2. The zero-order valence-corrected chi connectivity index (χ0v) is 34.9. The molecular formula is C40H54ClIN4O6S. The monoisotopic (exact) mass is 880 g/mol. The van der Waals surface area contributed by atoms with Crippen molar-refractivity contribution in [3.05, 3.63) is 70.3 Å². The summed E-state index contributed by atoms with van der Waals surface area (Å²) < 4.78 is 40.4. The van der Waals surface area contributed by atoms with Crippen molar-refractivity contribution in [1.29, 1.82) is 0 Å². The van der Waals surface area contributed by atoms with Crippen molar-refractivity contribution in [2.24, 2.45) is 17.8 Å². The number of morpholine rings is 1. The minimum absolute atomic E-state index is 0.0666. The highest BCUT2D eigenvalue weighted by Gasteiger charge is 2.44. The third-order valence-corrected chi connectivity index (χ3v) is 14.3. The van der Waals surface area contributed by atoms with Crippen molar-refractivity contribution >= 4 is 61.6 Å². The van der Waals surface area contributed by atoms with Gasteiger partial charge in [0.15, 0.2) is 5.78 Å². The molecule has 1 spiro atoms. The van der Waals surface area contributed by atoms with Crippen LogP contribution in [0.25, 0.3) is 0 Å². The van der Waals surface area contributed by atoms with Crippen molar-refractivity contribution in [3.8, 4) is 5.75 Å². The Kier molecular flexibility index (Phi) is 13.5. The van der Waals surface area contributed by atoms with Crippen LogP contribution in [0.2, 0.25) is 5.02 Å². The number of benzene rings is 2. The van der Waals surface area contributed by atoms with E-state index in [1.54, 1.807) is 37.3 Å². The standard InChI is InChI=1S/C32H37ClN2O5S.C7H14N2O.CH3I/c1-20-5-3-7-29(36)26-11-8-24(26)17-35-18-32(14-4-6-22-15-25(33)10-12-27(22)32)19-40-30-13-9-23(16-28(30)35)31(37)34-41(38,39)21(20)2;1-2-9-3-4-10-6-7(9)5-8-1;1-2/h3,7,9-10,12-13,15-16,20-21,24,26H,4-6,8,11,14,17-19H2,1-2H3,(H,34,37);7-8H,1-6H2;1H3/b7-3+;;/t20-,21+,24-,26+,32-;7-;/m00./s1. The molecule has 290 valence electrons. The molecule has 4 heterocycles. The van der Waals surface area contributed by atoms with Gasteiger partial charge in [0.05, 0.1) is 30.8 Å². The maximum atomic E-state index is 13.3. The molecular weight excluding hydrogens is 827 g/mol. The molecule has 0 radical (unpaired) electrons. The van der Waals surface area contributed by atoms with Gasteiger partial charge in [-0.15, -0.1) is 0 Å². The lowest BCUT2D eigenvalue weighted by Crippen LogP contribution is -2.56. The number of nitrogens with zero attached hydrogens (tertiary/aromatic N) is 2. The number of hydrogen-bond acceptors (Lipinski definition) is 9. The van der Waals surface area contributed by atoms with E-state index in [2.05, 4.69) is 54.6 Å². The Hall–Kier alpha value is -2.23. The van der Waals surface area contributed by atoms with E-state index in [9.17, 15) is 18.0 Å². The lowest BCUT2D eigenvalue weighted by Gasteiger charge is -2.44. The van der Waals surface area contributed by atoms with Gasteiger partial charge in [-0.25, -0.2) is 13.1 Å². The second-order valence-corrected chi connectivity index (χ2v) is 17.9. The molecule has 2 aromatic carbocycles. The van der Waals surface area contributed by atoms with E-state index in [0.717, 1.165) is 75.7 Å². The number of allylic oxidation sites excluding steroid dienone is 2. The minimum atomic E-state index is -3.93. The number of rotatable bonds is 0. The molecule has 2 bridgehead atoms. The Morgan fingerprint density at radius 2 is 1.89 bits per heavy atom. The summed E-state index contributed by atoms with van der Waals surface area (Å²) in [5, 5.41) is 3.28. The van der Waals surface area contributed by atoms with Crippen LogP contribution >= 0.6 is 34.2 Å². The van der Waals surface area contributed by atoms with E-state index >= 15 is 0 Å². The summed E-state index contributed by atoms with van der Waals surface area (Å²) in [4.78, 5) is 33.3. The highest BCUT2D eigenvalue weighted by molar-refractivity contribution is 14.1. The Labute approximate surface area is 333 Å². The topological polar surface area (TPSA) is 117 Å². The Morgan fingerprint density at radius 3 is 2.66 bits per heavy atom. The van der Waals surface area contributed by atoms with Crippen LogP contribution in [0.4, 0.5) is 5.69 Å². The second-order valence-electron chi connectivity index (χ2n) is 15.4. The largest absolute Gasteiger partial charge is 0.490 e. The summed E-state index contributed by atoms with van der Waals surface area (Å²) in [5.41, 5.74) is 3.22. The van der Waals surface area contributed by atoms with Crippen LogP contribution in [0.3, 0.4) is 0 Å². The molecule has 53 heavy (non-hydrogen) atoms. The van der Waals surface area contributed by atoms with E-state index in [4.69, 9.17) is 21.1 Å². The number of carbonyl (C=O) groups excluding carboxylic acids is 2. The highest BCUT2D eigenvalue weighted by Crippen LogP contribution is 2.46. The Bertz CT molecular complexity index is 1750. The first kappa shape index (κ1) is 40.4. The molecule has 4 aliphatic heterocycles. The molecule has 2 aromatic rings. The quantitative estimate of drug-likeness (QED) is 0.251. The van der Waals surface area contributed by atoms with Crippen molar-refractivity contribution in [1.82, 2.24) is 14.9 Å². The van der Waals surface area contributed by atoms with Gasteiger partial charge in [-0.1, -0.05) is 53.3 Å². The fourth-order valence-corrected chi connectivity index (χ4v) is 10.1. The molecule has 3 fully saturated rings. The first-order chi connectivity index (χ1) is 25.5. The first-order valence-electron chi connectivity index (χ1n) is 19.0. The Balaban J connectivity index is 0.000000340. The SMILES string of the molecule is C1CN2CCOC[C@@H]2CN1.CI.C[C@@H]1[C@@H](C)C/C=C/C(=O)[C@@H]2CC[C@H]2CN2C[C@@]3(CCCc4cc(Cl)ccc43)COc3ccc(cc32)C(=O)NS1(=O)=O. The fourth-order valence-electron chi connectivity index (χ4n) is 8.66. The maximum Gasteiger partial charge on any atom is 0.264 e. The lowest BCUT2D eigenvalue weighted by atomic mass is 9.68. The minimum Gasteiger partial charge on any atom is -0.490 e. The lowest BCUT2D eigenvalue weighted by molar-refractivity contribution is -0.122. The van der Waals surface area contributed by atoms with Gasteiger partial charge >= 0.3 is 0 Å². The van der Waals surface area contributed by atoms with Gasteiger partial charge in [0, 0.05) is 67.2 Å². The number of nitrogens with one attached hydrogen (secondary N) is 2. The summed E-state index contributed by atoms with van der Waals surface area (Å²) in [6, 6.07) is 11.9. The average molecular weight is 881 g/mol. The number of halogens is 2. The summed E-state index contributed by atoms with van der Waals surface area (Å²) in [5.74, 6) is -0.0319. The van der Waals surface area contributed by atoms with E-state index in [1.165, 1.54) is 17.7 Å². The highest BCUT2D eigenvalue weighted by atomic mass is 127. The van der Waals surface area contributed by atoms with Gasteiger partial charge in [0.2, 0.25) is 10.0 Å². The third kappa shape index (κ3) is 9.09. The van der Waals surface area contributed by atoms with Gasteiger partial charge in [-0.2, -0.15) is 0 Å². The summed E-state index contributed by atoms with van der Waals surface area (Å²) >= 11 is 8.52. The summed E-state index contributed by atoms with van der Waals surface area (Å²) in [6.07, 6.45) is 8.60. The molecule has 6 atom stereocenters. The molecule has 10 nitrogen and oxygen atoms in total. The van der Waals surface area contributed by atoms with E-state index in [-0.39, 0.29) is 34.5 Å². The predicted molar refractivity (Wildman–Crippen MR) is 219 cm³/mol. The normalized spacial score (nSPS) is 31.6. The number of alkyl halides is 1.